The second-order valence-electron chi connectivity index (χ2n) is 3.21. The van der Waals surface area contributed by atoms with Crippen LogP contribution in [0.15, 0.2) is 0 Å². The van der Waals surface area contributed by atoms with Crippen LogP contribution in [0, 0.1) is 0 Å². The van der Waals surface area contributed by atoms with Crippen LogP contribution >= 0.6 is 0 Å². The molecule has 0 amide bonds. The number of hydrogen-bond donors (Lipinski definition) is 1. The van der Waals surface area contributed by atoms with Crippen molar-refractivity contribution in [2.45, 2.75) is 24.7 Å². The zero-order valence-corrected chi connectivity index (χ0v) is 6.86. The first-order valence-corrected chi connectivity index (χ1v) is 4.32. The van der Waals surface area contributed by atoms with Gasteiger partial charge in [-0.1, -0.05) is 0 Å². The van der Waals surface area contributed by atoms with E-state index in [1.54, 1.807) is 0 Å². The molecule has 3 unspecified atom stereocenters. The first-order valence-electron chi connectivity index (χ1n) is 4.32. The number of morpholine rings is 1. The van der Waals surface area contributed by atoms with Crippen LogP contribution in [0.25, 0.3) is 0 Å². The quantitative estimate of drug-likeness (QED) is 0.532. The Kier molecular flexibility index (Phi) is 2.39. The molecule has 2 saturated heterocycles. The van der Waals surface area contributed by atoms with Gasteiger partial charge in [0.15, 0.2) is 0 Å². The van der Waals surface area contributed by atoms with Gasteiger partial charge in [-0.25, -0.2) is 0 Å². The van der Waals surface area contributed by atoms with Crippen LogP contribution in [0.4, 0.5) is 0 Å². The maximum Gasteiger partial charge on any atom is 0.148 e. The van der Waals surface area contributed by atoms with E-state index in [4.69, 9.17) is 9.47 Å². The number of hydrogen-bond acceptors (Lipinski definition) is 4. The Balaban J connectivity index is 1.93. The fourth-order valence-corrected chi connectivity index (χ4v) is 1.73. The number of aldehydes is 1. The monoisotopic (exact) mass is 171 g/mol. The summed E-state index contributed by atoms with van der Waals surface area (Å²) in [5.41, 5.74) is 0. The van der Waals surface area contributed by atoms with Crippen LogP contribution in [-0.2, 0) is 14.3 Å². The van der Waals surface area contributed by atoms with E-state index in [-0.39, 0.29) is 12.2 Å². The lowest BCUT2D eigenvalue weighted by atomic mass is 10.0. The number of rotatable bonds is 1. The number of carbonyl (C=O) groups excluding carboxylic acids is 1. The Labute approximate surface area is 71.2 Å². The summed E-state index contributed by atoms with van der Waals surface area (Å²) in [5, 5.41) is 3.32. The molecule has 4 nitrogen and oxygen atoms in total. The van der Waals surface area contributed by atoms with Gasteiger partial charge in [-0.2, -0.15) is 0 Å². The summed E-state index contributed by atoms with van der Waals surface area (Å²) >= 11 is 0. The average Bonchev–Trinajstić information content (AvgIpc) is 2.17. The van der Waals surface area contributed by atoms with Crippen LogP contribution in [0.3, 0.4) is 0 Å². The molecule has 0 bridgehead atoms. The highest BCUT2D eigenvalue weighted by Crippen LogP contribution is 2.17. The zero-order chi connectivity index (χ0) is 8.39. The van der Waals surface area contributed by atoms with Crippen molar-refractivity contribution >= 4 is 6.29 Å². The minimum atomic E-state index is -0.236. The molecule has 2 rings (SSSR count). The van der Waals surface area contributed by atoms with Gasteiger partial charge in [0.1, 0.15) is 12.4 Å². The van der Waals surface area contributed by atoms with Gasteiger partial charge in [-0.3, -0.25) is 0 Å². The van der Waals surface area contributed by atoms with Crippen LogP contribution in [0.5, 0.6) is 0 Å². The van der Waals surface area contributed by atoms with E-state index in [1.165, 1.54) is 0 Å². The van der Waals surface area contributed by atoms with Crippen LogP contribution < -0.4 is 5.32 Å². The summed E-state index contributed by atoms with van der Waals surface area (Å²) in [7, 11) is 0. The lowest BCUT2D eigenvalue weighted by molar-refractivity contribution is -0.139. The summed E-state index contributed by atoms with van der Waals surface area (Å²) in [5.74, 6) is 0. The average molecular weight is 171 g/mol. The molecule has 2 aliphatic rings. The maximum atomic E-state index is 10.4. The smallest absolute Gasteiger partial charge is 0.148 e. The van der Waals surface area contributed by atoms with E-state index in [2.05, 4.69) is 5.32 Å². The number of carbonyl (C=O) groups is 1. The molecule has 2 fully saturated rings. The van der Waals surface area contributed by atoms with Gasteiger partial charge in [0.2, 0.25) is 0 Å². The van der Waals surface area contributed by atoms with Crippen molar-refractivity contribution < 1.29 is 14.3 Å². The Hall–Kier alpha value is -0.450. The zero-order valence-electron chi connectivity index (χ0n) is 6.86. The Morgan fingerprint density at radius 1 is 1.42 bits per heavy atom. The molecule has 0 aliphatic carbocycles. The normalized spacial score (nSPS) is 41.8. The second-order valence-corrected chi connectivity index (χ2v) is 3.21. The molecule has 68 valence electrons. The molecule has 0 saturated carbocycles. The predicted octanol–water partition coefficient (Wildman–Crippen LogP) is -0.669. The maximum absolute atomic E-state index is 10.4. The third-order valence-electron chi connectivity index (χ3n) is 2.40. The highest BCUT2D eigenvalue weighted by atomic mass is 16.5. The summed E-state index contributed by atoms with van der Waals surface area (Å²) in [4.78, 5) is 10.4. The number of ether oxygens (including phenoxy) is 2. The second kappa shape index (κ2) is 3.51. The van der Waals surface area contributed by atoms with Gasteiger partial charge in [0.05, 0.1) is 19.3 Å². The lowest BCUT2D eigenvalue weighted by Gasteiger charge is -2.38. The van der Waals surface area contributed by atoms with Gasteiger partial charge >= 0.3 is 0 Å². The van der Waals surface area contributed by atoms with E-state index in [0.717, 1.165) is 25.9 Å². The van der Waals surface area contributed by atoms with Crippen molar-refractivity contribution in [3.63, 3.8) is 0 Å². The first kappa shape index (κ1) is 8.16. The Morgan fingerprint density at radius 2 is 2.33 bits per heavy atom. The van der Waals surface area contributed by atoms with Gasteiger partial charge in [-0.05, 0) is 6.42 Å². The molecule has 4 heteroatoms. The fraction of sp³-hybridized carbons (Fsp3) is 0.875. The SMILES string of the molecule is O=CC1CC2NCCOC2CO1. The Morgan fingerprint density at radius 3 is 3.17 bits per heavy atom. The van der Waals surface area contributed by atoms with E-state index in [0.29, 0.717) is 12.6 Å². The fourth-order valence-electron chi connectivity index (χ4n) is 1.73. The number of nitrogens with one attached hydrogen (secondary N) is 1. The molecular weight excluding hydrogens is 158 g/mol. The predicted molar refractivity (Wildman–Crippen MR) is 42.0 cm³/mol. The van der Waals surface area contributed by atoms with Gasteiger partial charge < -0.3 is 19.6 Å². The van der Waals surface area contributed by atoms with E-state index < -0.39 is 0 Å². The molecule has 0 aromatic rings. The topological polar surface area (TPSA) is 47.6 Å². The molecule has 12 heavy (non-hydrogen) atoms. The molecule has 0 aromatic carbocycles. The third kappa shape index (κ3) is 1.50. The molecule has 3 atom stereocenters. The van der Waals surface area contributed by atoms with Crippen molar-refractivity contribution in [3.05, 3.63) is 0 Å². The molecule has 0 aromatic heterocycles. The first-order chi connectivity index (χ1) is 5.90. The van der Waals surface area contributed by atoms with Crippen LogP contribution in [0.2, 0.25) is 0 Å². The third-order valence-corrected chi connectivity index (χ3v) is 2.40. The summed E-state index contributed by atoms with van der Waals surface area (Å²) < 4.78 is 10.7. The van der Waals surface area contributed by atoms with E-state index >= 15 is 0 Å². The standard InChI is InChI=1S/C8H13NO3/c10-4-6-3-7-8(5-12-6)11-2-1-9-7/h4,6-9H,1-3,5H2. The van der Waals surface area contributed by atoms with Gasteiger partial charge in [-0.15, -0.1) is 0 Å². The van der Waals surface area contributed by atoms with Gasteiger partial charge in [0.25, 0.3) is 0 Å². The lowest BCUT2D eigenvalue weighted by Crippen LogP contribution is -2.55. The highest BCUT2D eigenvalue weighted by Gasteiger charge is 2.33. The van der Waals surface area contributed by atoms with E-state index in [9.17, 15) is 4.79 Å². The molecule has 1 N–H and O–H groups in total. The minimum absolute atomic E-state index is 0.148. The van der Waals surface area contributed by atoms with Crippen molar-refractivity contribution in [1.29, 1.82) is 0 Å². The molecular formula is C8H13NO3. The van der Waals surface area contributed by atoms with Crippen molar-refractivity contribution in [2.75, 3.05) is 19.8 Å². The highest BCUT2D eigenvalue weighted by molar-refractivity contribution is 5.56. The Bertz CT molecular complexity index is 174. The van der Waals surface area contributed by atoms with Crippen molar-refractivity contribution in [1.82, 2.24) is 5.32 Å². The molecule has 0 spiro atoms. The largest absolute Gasteiger partial charge is 0.373 e. The van der Waals surface area contributed by atoms with Crippen LogP contribution in [-0.4, -0.2) is 44.3 Å². The van der Waals surface area contributed by atoms with Gasteiger partial charge in [0, 0.05) is 12.6 Å². The summed E-state index contributed by atoms with van der Waals surface area (Å²) in [6, 6.07) is 0.308. The summed E-state index contributed by atoms with van der Waals surface area (Å²) in [6.07, 6.45) is 1.52. The minimum Gasteiger partial charge on any atom is -0.373 e. The van der Waals surface area contributed by atoms with Crippen LogP contribution in [0.1, 0.15) is 6.42 Å². The van der Waals surface area contributed by atoms with E-state index in [1.807, 2.05) is 0 Å². The van der Waals surface area contributed by atoms with Crippen molar-refractivity contribution in [3.8, 4) is 0 Å². The molecule has 0 radical (unpaired) electrons. The molecule has 2 aliphatic heterocycles. The molecule has 2 heterocycles. The number of fused-ring (bicyclic) bond motifs is 1. The summed E-state index contributed by atoms with van der Waals surface area (Å²) in [6.45, 7) is 2.17. The van der Waals surface area contributed by atoms with Crippen molar-refractivity contribution in [2.24, 2.45) is 0 Å².